The molecular formula is C18H20ClN3OS. The van der Waals surface area contributed by atoms with Crippen molar-refractivity contribution in [2.24, 2.45) is 11.0 Å². The lowest BCUT2D eigenvalue weighted by Gasteiger charge is -2.19. The second-order valence-electron chi connectivity index (χ2n) is 6.09. The van der Waals surface area contributed by atoms with Crippen molar-refractivity contribution in [2.45, 2.75) is 32.6 Å². The third-order valence-corrected chi connectivity index (χ3v) is 5.74. The summed E-state index contributed by atoms with van der Waals surface area (Å²) < 4.78 is 0. The number of thiophene rings is 1. The Morgan fingerprint density at radius 3 is 2.79 bits per heavy atom. The van der Waals surface area contributed by atoms with Gasteiger partial charge in [0.1, 0.15) is 4.88 Å². The predicted octanol–water partition coefficient (Wildman–Crippen LogP) is 4.95. The van der Waals surface area contributed by atoms with Crippen LogP contribution in [0.5, 0.6) is 0 Å². The SMILES string of the molecule is C[C@H]1CCCCC1=NNC(=O)c1sc(-c2ccc(Cl)cc2)cc1N. The third-order valence-electron chi connectivity index (χ3n) is 4.29. The van der Waals surface area contributed by atoms with Crippen molar-refractivity contribution in [3.05, 3.63) is 40.2 Å². The van der Waals surface area contributed by atoms with E-state index in [1.165, 1.54) is 17.8 Å². The Labute approximate surface area is 150 Å². The van der Waals surface area contributed by atoms with Crippen LogP contribution in [0.3, 0.4) is 0 Å². The lowest BCUT2D eigenvalue weighted by Crippen LogP contribution is -2.24. The molecule has 0 bridgehead atoms. The zero-order valence-corrected chi connectivity index (χ0v) is 15.1. The zero-order chi connectivity index (χ0) is 17.1. The van der Waals surface area contributed by atoms with Gasteiger partial charge >= 0.3 is 0 Å². The molecule has 24 heavy (non-hydrogen) atoms. The third kappa shape index (κ3) is 3.79. The number of benzene rings is 1. The van der Waals surface area contributed by atoms with Gasteiger partial charge in [0.25, 0.3) is 5.91 Å². The van der Waals surface area contributed by atoms with Gasteiger partial charge in [-0.3, -0.25) is 4.79 Å². The van der Waals surface area contributed by atoms with Gasteiger partial charge in [-0.05, 0) is 48.9 Å². The van der Waals surface area contributed by atoms with E-state index in [1.807, 2.05) is 30.3 Å². The molecule has 1 aliphatic carbocycles. The molecule has 0 radical (unpaired) electrons. The van der Waals surface area contributed by atoms with Crippen LogP contribution in [0.2, 0.25) is 5.02 Å². The monoisotopic (exact) mass is 361 g/mol. The van der Waals surface area contributed by atoms with Crippen molar-refractivity contribution in [3.8, 4) is 10.4 Å². The molecule has 1 aromatic carbocycles. The number of rotatable bonds is 3. The maximum atomic E-state index is 12.4. The molecule has 1 aromatic heterocycles. The van der Waals surface area contributed by atoms with Crippen LogP contribution in [-0.4, -0.2) is 11.6 Å². The highest BCUT2D eigenvalue weighted by molar-refractivity contribution is 7.18. The molecule has 0 unspecified atom stereocenters. The summed E-state index contributed by atoms with van der Waals surface area (Å²) in [5, 5.41) is 5.01. The van der Waals surface area contributed by atoms with Crippen molar-refractivity contribution in [1.82, 2.24) is 5.43 Å². The molecule has 0 aliphatic heterocycles. The molecule has 1 heterocycles. The van der Waals surface area contributed by atoms with Crippen LogP contribution < -0.4 is 11.2 Å². The number of amides is 1. The van der Waals surface area contributed by atoms with Gasteiger partial charge < -0.3 is 5.73 Å². The summed E-state index contributed by atoms with van der Waals surface area (Å²) >= 11 is 7.28. The number of hydrazone groups is 1. The summed E-state index contributed by atoms with van der Waals surface area (Å²) in [5.41, 5.74) is 11.2. The molecule has 1 atom stereocenters. The minimum absolute atomic E-state index is 0.247. The van der Waals surface area contributed by atoms with E-state index < -0.39 is 0 Å². The highest BCUT2D eigenvalue weighted by atomic mass is 35.5. The Balaban J connectivity index is 1.76. The van der Waals surface area contributed by atoms with Crippen molar-refractivity contribution in [1.29, 1.82) is 0 Å². The molecule has 2 aromatic rings. The van der Waals surface area contributed by atoms with Crippen LogP contribution in [0.4, 0.5) is 5.69 Å². The normalized spacial score (nSPS) is 19.4. The molecule has 1 amide bonds. The summed E-state index contributed by atoms with van der Waals surface area (Å²) in [6, 6.07) is 9.30. The Kier molecular flexibility index (Phi) is 5.21. The number of halogens is 1. The van der Waals surface area contributed by atoms with Gasteiger partial charge in [-0.15, -0.1) is 11.3 Å². The molecule has 1 saturated carbocycles. The highest BCUT2D eigenvalue weighted by Crippen LogP contribution is 2.33. The van der Waals surface area contributed by atoms with Crippen molar-refractivity contribution in [2.75, 3.05) is 5.73 Å². The van der Waals surface area contributed by atoms with Crippen LogP contribution in [0.25, 0.3) is 10.4 Å². The molecular weight excluding hydrogens is 342 g/mol. The summed E-state index contributed by atoms with van der Waals surface area (Å²) in [5.74, 6) is 0.187. The standard InChI is InChI=1S/C18H20ClN3OS/c1-11-4-2-3-5-15(11)21-22-18(23)17-14(20)10-16(24-17)12-6-8-13(19)9-7-12/h6-11H,2-5,20H2,1H3,(H,22,23)/t11-/m0/s1. The Bertz CT molecular complexity index is 767. The topological polar surface area (TPSA) is 67.5 Å². The molecule has 3 N–H and O–H groups in total. The second kappa shape index (κ2) is 7.36. The van der Waals surface area contributed by atoms with Gasteiger partial charge in [-0.1, -0.05) is 37.1 Å². The second-order valence-corrected chi connectivity index (χ2v) is 7.58. The number of hydrogen-bond acceptors (Lipinski definition) is 4. The molecule has 1 fully saturated rings. The largest absolute Gasteiger partial charge is 0.397 e. The van der Waals surface area contributed by atoms with Crippen LogP contribution in [0, 0.1) is 5.92 Å². The number of nitrogen functional groups attached to an aromatic ring is 1. The summed E-state index contributed by atoms with van der Waals surface area (Å²) in [6.07, 6.45) is 4.46. The van der Waals surface area contributed by atoms with E-state index in [4.69, 9.17) is 17.3 Å². The van der Waals surface area contributed by atoms with Gasteiger partial charge in [0, 0.05) is 15.6 Å². The zero-order valence-electron chi connectivity index (χ0n) is 13.5. The van der Waals surface area contributed by atoms with Crippen molar-refractivity contribution < 1.29 is 4.79 Å². The highest BCUT2D eigenvalue weighted by Gasteiger charge is 2.18. The number of nitrogens with one attached hydrogen (secondary N) is 1. The van der Waals surface area contributed by atoms with Gasteiger partial charge in [-0.2, -0.15) is 5.10 Å². The fraction of sp³-hybridized carbons (Fsp3) is 0.333. The lowest BCUT2D eigenvalue weighted by molar-refractivity contribution is 0.0959. The maximum Gasteiger partial charge on any atom is 0.283 e. The molecule has 0 spiro atoms. The quantitative estimate of drug-likeness (QED) is 0.760. The Morgan fingerprint density at radius 1 is 1.33 bits per heavy atom. The fourth-order valence-corrected chi connectivity index (χ4v) is 3.95. The number of hydrogen-bond donors (Lipinski definition) is 2. The van der Waals surface area contributed by atoms with E-state index in [0.29, 0.717) is 21.5 Å². The Morgan fingerprint density at radius 2 is 2.08 bits per heavy atom. The van der Waals surface area contributed by atoms with Crippen LogP contribution in [-0.2, 0) is 0 Å². The summed E-state index contributed by atoms with van der Waals surface area (Å²) in [6.45, 7) is 2.16. The van der Waals surface area contributed by atoms with Gasteiger partial charge in [0.15, 0.2) is 0 Å². The van der Waals surface area contributed by atoms with Crippen molar-refractivity contribution >= 4 is 40.2 Å². The average molecular weight is 362 g/mol. The predicted molar refractivity (Wildman–Crippen MR) is 102 cm³/mol. The minimum Gasteiger partial charge on any atom is -0.397 e. The van der Waals surface area contributed by atoms with Crippen molar-refractivity contribution in [3.63, 3.8) is 0 Å². The van der Waals surface area contributed by atoms with E-state index in [-0.39, 0.29) is 5.91 Å². The van der Waals surface area contributed by atoms with Crippen LogP contribution in [0.1, 0.15) is 42.3 Å². The smallest absolute Gasteiger partial charge is 0.283 e. The minimum atomic E-state index is -0.247. The first-order chi connectivity index (χ1) is 11.5. The van der Waals surface area contributed by atoms with E-state index in [2.05, 4.69) is 17.5 Å². The van der Waals surface area contributed by atoms with E-state index in [0.717, 1.165) is 35.4 Å². The summed E-state index contributed by atoms with van der Waals surface area (Å²) in [7, 11) is 0. The van der Waals surface area contributed by atoms with Crippen LogP contribution >= 0.6 is 22.9 Å². The number of nitrogens with zero attached hydrogens (tertiary/aromatic N) is 1. The first-order valence-corrected chi connectivity index (χ1v) is 9.26. The molecule has 3 rings (SSSR count). The average Bonchev–Trinajstić information content (AvgIpc) is 2.96. The number of nitrogens with two attached hydrogens (primary N) is 1. The van der Waals surface area contributed by atoms with E-state index in [1.54, 1.807) is 0 Å². The number of anilines is 1. The van der Waals surface area contributed by atoms with Gasteiger partial charge in [-0.25, -0.2) is 5.43 Å². The molecule has 126 valence electrons. The molecule has 4 nitrogen and oxygen atoms in total. The first kappa shape index (κ1) is 17.0. The van der Waals surface area contributed by atoms with Crippen LogP contribution in [0.15, 0.2) is 35.4 Å². The maximum absolute atomic E-state index is 12.4. The van der Waals surface area contributed by atoms with E-state index >= 15 is 0 Å². The Hall–Kier alpha value is -1.85. The molecule has 6 heteroatoms. The van der Waals surface area contributed by atoms with Gasteiger partial charge in [0.05, 0.1) is 5.69 Å². The molecule has 0 saturated heterocycles. The molecule has 1 aliphatic rings. The van der Waals surface area contributed by atoms with Gasteiger partial charge in [0.2, 0.25) is 0 Å². The van der Waals surface area contributed by atoms with E-state index in [9.17, 15) is 4.79 Å². The summed E-state index contributed by atoms with van der Waals surface area (Å²) in [4.78, 5) is 13.8. The first-order valence-electron chi connectivity index (χ1n) is 8.06. The fourth-order valence-electron chi connectivity index (χ4n) is 2.85. The lowest BCUT2D eigenvalue weighted by atomic mass is 9.89. The number of carbonyl (C=O) groups excluding carboxylic acids is 1. The number of carbonyl (C=O) groups is 1.